The molecule has 6 heteroatoms. The van der Waals surface area contributed by atoms with Crippen LogP contribution in [0.4, 0.5) is 5.69 Å². The van der Waals surface area contributed by atoms with E-state index in [1.165, 1.54) is 17.5 Å². The highest BCUT2D eigenvalue weighted by Gasteiger charge is 2.18. The van der Waals surface area contributed by atoms with Crippen LogP contribution in [0.1, 0.15) is 66.4 Å². The Labute approximate surface area is 184 Å². The summed E-state index contributed by atoms with van der Waals surface area (Å²) >= 11 is 1.61. The molecule has 1 aliphatic rings. The molecule has 1 aliphatic carbocycles. The Morgan fingerprint density at radius 2 is 2.03 bits per heavy atom. The van der Waals surface area contributed by atoms with Crippen LogP contribution in [0, 0.1) is 13.8 Å². The predicted molar refractivity (Wildman–Crippen MR) is 124 cm³/mol. The number of thiazole rings is 1. The smallest absolute Gasteiger partial charge is 0.312 e. The van der Waals surface area contributed by atoms with E-state index in [1.54, 1.807) is 11.3 Å². The average Bonchev–Trinajstić information content (AvgIpc) is 3.16. The summed E-state index contributed by atoms with van der Waals surface area (Å²) in [6.45, 7) is 7.24. The molecule has 0 aliphatic heterocycles. The van der Waals surface area contributed by atoms with Crippen molar-refractivity contribution in [2.24, 2.45) is 4.99 Å². The Morgan fingerprint density at radius 3 is 2.77 bits per heavy atom. The lowest BCUT2D eigenvalue weighted by Crippen LogP contribution is -2.22. The van der Waals surface area contributed by atoms with E-state index >= 15 is 0 Å². The molecule has 2 aromatic rings. The first-order valence-corrected chi connectivity index (χ1v) is 11.8. The summed E-state index contributed by atoms with van der Waals surface area (Å²) in [5.41, 5.74) is 5.43. The summed E-state index contributed by atoms with van der Waals surface area (Å²) in [4.78, 5) is 23.6. The van der Waals surface area contributed by atoms with Crippen molar-refractivity contribution in [1.29, 1.82) is 0 Å². The second-order valence-corrected chi connectivity index (χ2v) is 9.16. The maximum atomic E-state index is 12.2. The highest BCUT2D eigenvalue weighted by molar-refractivity contribution is 7.09. The predicted octanol–water partition coefficient (Wildman–Crippen LogP) is 5.38. The Kier molecular flexibility index (Phi) is 8.02. The van der Waals surface area contributed by atoms with Crippen molar-refractivity contribution in [2.45, 2.75) is 71.8 Å². The van der Waals surface area contributed by atoms with E-state index in [9.17, 15) is 4.79 Å². The van der Waals surface area contributed by atoms with Gasteiger partial charge in [-0.2, -0.15) is 0 Å². The zero-order valence-corrected chi connectivity index (χ0v) is 19.4. The van der Waals surface area contributed by atoms with Gasteiger partial charge in [-0.3, -0.25) is 4.79 Å². The number of rotatable bonds is 8. The number of nitrogens with zero attached hydrogens (tertiary/aromatic N) is 3. The first-order valence-electron chi connectivity index (χ1n) is 10.9. The normalized spacial score (nSPS) is 14.9. The maximum Gasteiger partial charge on any atom is 0.312 e. The van der Waals surface area contributed by atoms with Gasteiger partial charge in [0.1, 0.15) is 6.10 Å². The monoisotopic (exact) mass is 427 g/mol. The van der Waals surface area contributed by atoms with Gasteiger partial charge in [0.25, 0.3) is 0 Å². The van der Waals surface area contributed by atoms with Gasteiger partial charge in [-0.15, -0.1) is 11.3 Å². The molecule has 162 valence electrons. The molecular weight excluding hydrogens is 394 g/mol. The quantitative estimate of drug-likeness (QED) is 0.322. The standard InChI is InChI=1S/C24H33N3O2S/c1-5-27(4)16-25-22-12-17(2)19(11-18(22)3)13-23-26-20(15-30-23)14-24(28)29-21-9-7-6-8-10-21/h11-12,15-16,21H,5-10,13-14H2,1-4H3. The van der Waals surface area contributed by atoms with Crippen molar-refractivity contribution in [3.8, 4) is 0 Å². The SMILES string of the molecule is CCN(C)C=Nc1cc(C)c(Cc2nc(CC(=O)OC3CCCCC3)cs2)cc1C. The summed E-state index contributed by atoms with van der Waals surface area (Å²) < 4.78 is 5.63. The Balaban J connectivity index is 1.60. The third-order valence-corrected chi connectivity index (χ3v) is 6.56. The van der Waals surface area contributed by atoms with Gasteiger partial charge < -0.3 is 9.64 Å². The molecule has 1 heterocycles. The molecule has 0 spiro atoms. The topological polar surface area (TPSA) is 54.8 Å². The molecule has 3 rings (SSSR count). The molecule has 0 bridgehead atoms. The minimum absolute atomic E-state index is 0.105. The van der Waals surface area contributed by atoms with Crippen LogP contribution in [0.3, 0.4) is 0 Å². The molecular formula is C24H33N3O2S. The molecule has 1 saturated carbocycles. The van der Waals surface area contributed by atoms with Gasteiger partial charge in [0.05, 0.1) is 29.1 Å². The first kappa shape index (κ1) is 22.5. The van der Waals surface area contributed by atoms with Crippen molar-refractivity contribution in [3.05, 3.63) is 44.9 Å². The fourth-order valence-electron chi connectivity index (χ4n) is 3.67. The van der Waals surface area contributed by atoms with Crippen molar-refractivity contribution in [1.82, 2.24) is 9.88 Å². The van der Waals surface area contributed by atoms with Gasteiger partial charge in [0.2, 0.25) is 0 Å². The summed E-state index contributed by atoms with van der Waals surface area (Å²) in [7, 11) is 2.02. The van der Waals surface area contributed by atoms with Crippen molar-refractivity contribution in [3.63, 3.8) is 0 Å². The van der Waals surface area contributed by atoms with Crippen LogP contribution in [-0.2, 0) is 22.4 Å². The van der Waals surface area contributed by atoms with Crippen molar-refractivity contribution < 1.29 is 9.53 Å². The zero-order valence-electron chi connectivity index (χ0n) is 18.6. The number of hydrogen-bond donors (Lipinski definition) is 0. The van der Waals surface area contributed by atoms with Crippen molar-refractivity contribution in [2.75, 3.05) is 13.6 Å². The molecule has 1 aromatic heterocycles. The second kappa shape index (κ2) is 10.7. The fraction of sp³-hybridized carbons (Fsp3) is 0.542. The number of aliphatic imine (C=N–C) groups is 1. The number of carbonyl (C=O) groups is 1. The minimum atomic E-state index is -0.148. The number of aromatic nitrogens is 1. The summed E-state index contributed by atoms with van der Waals surface area (Å²) in [5, 5.41) is 3.01. The largest absolute Gasteiger partial charge is 0.462 e. The van der Waals surface area contributed by atoms with E-state index in [0.717, 1.165) is 60.6 Å². The molecule has 30 heavy (non-hydrogen) atoms. The summed E-state index contributed by atoms with van der Waals surface area (Å²) in [6, 6.07) is 4.34. The zero-order chi connectivity index (χ0) is 21.5. The molecule has 1 fully saturated rings. The Bertz CT molecular complexity index is 885. The lowest BCUT2D eigenvalue weighted by atomic mass is 9.98. The average molecular weight is 428 g/mol. The molecule has 1 aromatic carbocycles. The number of hydrogen-bond acceptors (Lipinski definition) is 5. The van der Waals surface area contributed by atoms with Crippen LogP contribution in [-0.4, -0.2) is 41.9 Å². The van der Waals surface area contributed by atoms with Crippen LogP contribution in [0.15, 0.2) is 22.5 Å². The lowest BCUT2D eigenvalue weighted by molar-refractivity contribution is -0.149. The van der Waals surface area contributed by atoms with Crippen LogP contribution >= 0.6 is 11.3 Å². The van der Waals surface area contributed by atoms with Crippen LogP contribution in [0.2, 0.25) is 0 Å². The number of benzene rings is 1. The number of aryl methyl sites for hydroxylation is 2. The molecule has 0 unspecified atom stereocenters. The van der Waals surface area contributed by atoms with Gasteiger partial charge in [0, 0.05) is 25.4 Å². The van der Waals surface area contributed by atoms with Crippen LogP contribution in [0.5, 0.6) is 0 Å². The molecule has 0 N–H and O–H groups in total. The summed E-state index contributed by atoms with van der Waals surface area (Å²) in [6.07, 6.45) is 8.61. The molecule has 0 atom stereocenters. The Morgan fingerprint density at radius 1 is 1.27 bits per heavy atom. The molecule has 0 amide bonds. The van der Waals surface area contributed by atoms with E-state index in [2.05, 4.69) is 47.8 Å². The van der Waals surface area contributed by atoms with Crippen LogP contribution < -0.4 is 0 Å². The number of carbonyl (C=O) groups excluding carboxylic acids is 1. The third kappa shape index (κ3) is 6.39. The highest BCUT2D eigenvalue weighted by atomic mass is 32.1. The molecule has 0 saturated heterocycles. The number of ether oxygens (including phenoxy) is 1. The summed E-state index contributed by atoms with van der Waals surface area (Å²) in [5.74, 6) is -0.148. The molecule has 0 radical (unpaired) electrons. The van der Waals surface area contributed by atoms with Gasteiger partial charge >= 0.3 is 5.97 Å². The van der Waals surface area contributed by atoms with Crippen molar-refractivity contribution >= 4 is 29.3 Å². The van der Waals surface area contributed by atoms with Gasteiger partial charge in [-0.1, -0.05) is 12.5 Å². The van der Waals surface area contributed by atoms with E-state index in [1.807, 2.05) is 18.8 Å². The number of esters is 1. The lowest BCUT2D eigenvalue weighted by Gasteiger charge is -2.21. The Hall–Kier alpha value is -2.21. The van der Waals surface area contributed by atoms with E-state index in [0.29, 0.717) is 0 Å². The maximum absolute atomic E-state index is 12.2. The van der Waals surface area contributed by atoms with E-state index < -0.39 is 0 Å². The van der Waals surface area contributed by atoms with Gasteiger partial charge in [-0.25, -0.2) is 9.98 Å². The van der Waals surface area contributed by atoms with E-state index in [4.69, 9.17) is 4.74 Å². The van der Waals surface area contributed by atoms with E-state index in [-0.39, 0.29) is 18.5 Å². The minimum Gasteiger partial charge on any atom is -0.462 e. The molecule has 5 nitrogen and oxygen atoms in total. The van der Waals surface area contributed by atoms with Gasteiger partial charge in [0.15, 0.2) is 0 Å². The van der Waals surface area contributed by atoms with Crippen LogP contribution in [0.25, 0.3) is 0 Å². The van der Waals surface area contributed by atoms with Gasteiger partial charge in [-0.05, 0) is 69.2 Å². The first-order chi connectivity index (χ1) is 14.4. The highest BCUT2D eigenvalue weighted by Crippen LogP contribution is 2.26. The second-order valence-electron chi connectivity index (χ2n) is 8.22. The fourth-order valence-corrected chi connectivity index (χ4v) is 4.48. The third-order valence-electron chi connectivity index (χ3n) is 5.66.